The van der Waals surface area contributed by atoms with Crippen molar-refractivity contribution in [2.75, 3.05) is 13.2 Å². The molecule has 2 aromatic heterocycles. The fourth-order valence-corrected chi connectivity index (χ4v) is 6.42. The SMILES string of the molecule is O=C(c1ccc(-c2cn(-c3ccc(F)cc3)nn2)cc1)c1c(-c2ccc(F)cc2)sc2cc(OCC3(CO[N+](=O)[O-])CC3)ccc12. The van der Waals surface area contributed by atoms with Gasteiger partial charge in [-0.15, -0.1) is 26.5 Å². The van der Waals surface area contributed by atoms with E-state index in [0.717, 1.165) is 28.5 Å². The molecule has 0 unspecified atom stereocenters. The smallest absolute Gasteiger partial charge is 0.294 e. The summed E-state index contributed by atoms with van der Waals surface area (Å²) >= 11 is 1.40. The van der Waals surface area contributed by atoms with Crippen LogP contribution in [0.4, 0.5) is 8.78 Å². The molecule has 2 heterocycles. The molecule has 0 atom stereocenters. The van der Waals surface area contributed by atoms with Gasteiger partial charge in [0.25, 0.3) is 5.09 Å². The van der Waals surface area contributed by atoms with Gasteiger partial charge in [-0.05, 0) is 73.0 Å². The zero-order valence-electron chi connectivity index (χ0n) is 24.1. The second-order valence-electron chi connectivity index (χ2n) is 11.2. The molecule has 7 rings (SSSR count). The summed E-state index contributed by atoms with van der Waals surface area (Å²) in [6.45, 7) is 0.262. The van der Waals surface area contributed by atoms with Crippen molar-refractivity contribution >= 4 is 27.2 Å². The Morgan fingerprint density at radius 1 is 0.913 bits per heavy atom. The Morgan fingerprint density at radius 3 is 2.26 bits per heavy atom. The maximum absolute atomic E-state index is 14.1. The average Bonchev–Trinajstić information content (AvgIpc) is 3.49. The first kappa shape index (κ1) is 29.2. The quantitative estimate of drug-likeness (QED) is 0.0813. The topological polar surface area (TPSA) is 109 Å². The van der Waals surface area contributed by atoms with Crippen molar-refractivity contribution in [2.45, 2.75) is 12.8 Å². The number of fused-ring (bicyclic) bond motifs is 1. The molecule has 1 aliphatic carbocycles. The van der Waals surface area contributed by atoms with Gasteiger partial charge in [-0.3, -0.25) is 4.79 Å². The second-order valence-corrected chi connectivity index (χ2v) is 12.2. The zero-order chi connectivity index (χ0) is 31.8. The Labute approximate surface area is 264 Å². The first-order valence-electron chi connectivity index (χ1n) is 14.3. The molecule has 1 aliphatic rings. The Hall–Kier alpha value is -5.49. The summed E-state index contributed by atoms with van der Waals surface area (Å²) in [7, 11) is 0. The Kier molecular flexibility index (Phi) is 7.49. The number of hydrogen-bond acceptors (Lipinski definition) is 8. The van der Waals surface area contributed by atoms with Crippen molar-refractivity contribution < 1.29 is 28.2 Å². The van der Waals surface area contributed by atoms with Crippen LogP contribution in [0, 0.1) is 27.2 Å². The normalized spacial score (nSPS) is 13.4. The molecule has 1 fully saturated rings. The molecule has 0 bridgehead atoms. The lowest BCUT2D eigenvalue weighted by molar-refractivity contribution is -0.760. The van der Waals surface area contributed by atoms with Gasteiger partial charge in [0.15, 0.2) is 5.78 Å². The molecule has 0 spiro atoms. The molecule has 0 saturated heterocycles. The Morgan fingerprint density at radius 2 is 1.59 bits per heavy atom. The van der Waals surface area contributed by atoms with Gasteiger partial charge >= 0.3 is 0 Å². The number of ether oxygens (including phenoxy) is 1. The van der Waals surface area contributed by atoms with Gasteiger partial charge in [0.1, 0.15) is 29.7 Å². The number of nitrogens with zero attached hydrogens (tertiary/aromatic N) is 4. The number of ketones is 1. The van der Waals surface area contributed by atoms with Gasteiger partial charge in [-0.25, -0.2) is 13.5 Å². The highest BCUT2D eigenvalue weighted by molar-refractivity contribution is 7.22. The summed E-state index contributed by atoms with van der Waals surface area (Å²) in [4.78, 5) is 30.0. The molecule has 0 amide bonds. The number of carbonyl (C=O) groups excluding carboxylic acids is 1. The summed E-state index contributed by atoms with van der Waals surface area (Å²) in [6.07, 6.45) is 3.28. The molecule has 4 aromatic carbocycles. The van der Waals surface area contributed by atoms with E-state index in [4.69, 9.17) is 4.74 Å². The van der Waals surface area contributed by atoms with Crippen molar-refractivity contribution in [3.05, 3.63) is 130 Å². The molecule has 46 heavy (non-hydrogen) atoms. The highest BCUT2D eigenvalue weighted by Gasteiger charge is 2.44. The minimum atomic E-state index is -0.790. The van der Waals surface area contributed by atoms with Crippen LogP contribution in [0.15, 0.2) is 97.2 Å². The van der Waals surface area contributed by atoms with Gasteiger partial charge in [0.05, 0.1) is 18.5 Å². The number of benzene rings is 4. The van der Waals surface area contributed by atoms with Crippen molar-refractivity contribution in [3.63, 3.8) is 0 Å². The maximum Gasteiger partial charge on any atom is 0.294 e. The fraction of sp³-hybridized carbons (Fsp3) is 0.147. The number of halogens is 2. The first-order valence-corrected chi connectivity index (χ1v) is 15.1. The lowest BCUT2D eigenvalue weighted by atomic mass is 9.96. The minimum absolute atomic E-state index is 0.0138. The van der Waals surface area contributed by atoms with Crippen LogP contribution in [0.2, 0.25) is 0 Å². The lowest BCUT2D eigenvalue weighted by Gasteiger charge is -2.15. The molecule has 230 valence electrons. The van der Waals surface area contributed by atoms with Crippen LogP contribution in [0.3, 0.4) is 0 Å². The van der Waals surface area contributed by atoms with Crippen LogP contribution in [0.1, 0.15) is 28.8 Å². The zero-order valence-corrected chi connectivity index (χ0v) is 24.9. The second kappa shape index (κ2) is 11.8. The van der Waals surface area contributed by atoms with Crippen molar-refractivity contribution in [1.29, 1.82) is 0 Å². The van der Waals surface area contributed by atoms with E-state index < -0.39 is 5.09 Å². The van der Waals surface area contributed by atoms with Gasteiger partial charge in [0, 0.05) is 37.1 Å². The number of aromatic nitrogens is 3. The third-order valence-electron chi connectivity index (χ3n) is 8.00. The summed E-state index contributed by atoms with van der Waals surface area (Å²) < 4.78 is 35.5. The van der Waals surface area contributed by atoms with Crippen molar-refractivity contribution in [3.8, 4) is 33.1 Å². The van der Waals surface area contributed by atoms with Gasteiger partial charge in [-0.2, -0.15) is 0 Å². The maximum atomic E-state index is 14.1. The number of carbonyl (C=O) groups is 1. The molecular formula is C34H24F2N4O5S. The van der Waals surface area contributed by atoms with E-state index in [1.807, 2.05) is 12.1 Å². The van der Waals surface area contributed by atoms with Crippen LogP contribution in [0.5, 0.6) is 5.75 Å². The molecule has 6 aromatic rings. The molecular weight excluding hydrogens is 614 g/mol. The van der Waals surface area contributed by atoms with E-state index in [9.17, 15) is 23.7 Å². The predicted octanol–water partition coefficient (Wildman–Crippen LogP) is 7.69. The van der Waals surface area contributed by atoms with Gasteiger partial charge in [-0.1, -0.05) is 41.6 Å². The summed E-state index contributed by atoms with van der Waals surface area (Å²) in [6, 6.07) is 24.4. The fourth-order valence-electron chi connectivity index (χ4n) is 5.18. The number of thiophene rings is 1. The number of hydrogen-bond donors (Lipinski definition) is 0. The van der Waals surface area contributed by atoms with E-state index in [1.165, 1.54) is 35.6 Å². The lowest BCUT2D eigenvalue weighted by Crippen LogP contribution is -2.21. The highest BCUT2D eigenvalue weighted by atomic mass is 32.1. The third kappa shape index (κ3) is 5.94. The molecule has 1 saturated carbocycles. The Bertz CT molecular complexity index is 2070. The van der Waals surface area contributed by atoms with Crippen LogP contribution in [-0.4, -0.2) is 39.1 Å². The van der Waals surface area contributed by atoms with E-state index in [-0.39, 0.29) is 36.0 Å². The first-order chi connectivity index (χ1) is 22.3. The van der Waals surface area contributed by atoms with E-state index in [0.29, 0.717) is 38.7 Å². The van der Waals surface area contributed by atoms with Crippen LogP contribution in [-0.2, 0) is 4.84 Å². The van der Waals surface area contributed by atoms with Crippen molar-refractivity contribution in [2.24, 2.45) is 5.41 Å². The van der Waals surface area contributed by atoms with E-state index >= 15 is 0 Å². The predicted molar refractivity (Wildman–Crippen MR) is 168 cm³/mol. The molecule has 0 N–H and O–H groups in total. The summed E-state index contributed by atoms with van der Waals surface area (Å²) in [5, 5.41) is 18.9. The van der Waals surface area contributed by atoms with Gasteiger partial charge < -0.3 is 9.57 Å². The van der Waals surface area contributed by atoms with Crippen LogP contribution >= 0.6 is 11.3 Å². The molecule has 0 radical (unpaired) electrons. The monoisotopic (exact) mass is 638 g/mol. The van der Waals surface area contributed by atoms with Crippen LogP contribution < -0.4 is 4.74 Å². The number of rotatable bonds is 11. The average molecular weight is 639 g/mol. The third-order valence-corrected chi connectivity index (χ3v) is 9.20. The molecule has 0 aliphatic heterocycles. The standard InChI is InChI=1S/C34H24F2N4O5S/c35-24-7-5-23(6-8-24)33-31(28-14-13-27(17-30(28)46-33)44-19-34(15-16-34)20-45-40(42)43)32(41)22-3-1-21(2-4-22)29-18-39(38-37-29)26-11-9-25(36)10-12-26/h1-14,17-18H,15-16,19-20H2. The molecule has 12 heteroatoms. The minimum Gasteiger partial charge on any atom is -0.493 e. The summed E-state index contributed by atoms with van der Waals surface area (Å²) in [5.74, 6) is -0.350. The Balaban J connectivity index is 1.17. The van der Waals surface area contributed by atoms with E-state index in [2.05, 4.69) is 15.1 Å². The largest absolute Gasteiger partial charge is 0.493 e. The van der Waals surface area contributed by atoms with E-state index in [1.54, 1.807) is 65.5 Å². The molecule has 9 nitrogen and oxygen atoms in total. The van der Waals surface area contributed by atoms with Crippen molar-refractivity contribution in [1.82, 2.24) is 15.0 Å². The highest BCUT2D eigenvalue weighted by Crippen LogP contribution is 2.47. The van der Waals surface area contributed by atoms with Gasteiger partial charge in [0.2, 0.25) is 0 Å². The van der Waals surface area contributed by atoms with Crippen LogP contribution in [0.25, 0.3) is 37.5 Å². The summed E-state index contributed by atoms with van der Waals surface area (Å²) in [5.41, 5.74) is 3.27.